The van der Waals surface area contributed by atoms with Crippen LogP contribution in [0.1, 0.15) is 16.7 Å². The fourth-order valence-corrected chi connectivity index (χ4v) is 2.51. The molecule has 0 atom stereocenters. The number of pyridine rings is 1. The molecule has 1 aromatic carbocycles. The van der Waals surface area contributed by atoms with Crippen LogP contribution in [0.4, 0.5) is 0 Å². The molecule has 0 aliphatic heterocycles. The van der Waals surface area contributed by atoms with Gasteiger partial charge in [-0.05, 0) is 67.9 Å². The van der Waals surface area contributed by atoms with E-state index in [1.807, 2.05) is 17.7 Å². The Kier molecular flexibility index (Phi) is 2.75. The first kappa shape index (κ1) is 12.1. The summed E-state index contributed by atoms with van der Waals surface area (Å²) in [7, 11) is 0. The lowest BCUT2D eigenvalue weighted by Gasteiger charge is -2.07. The quantitative estimate of drug-likeness (QED) is 0.677. The highest BCUT2D eigenvalue weighted by molar-refractivity contribution is 7.71. The second kappa shape index (κ2) is 4.31. The molecule has 0 bridgehead atoms. The summed E-state index contributed by atoms with van der Waals surface area (Å²) in [5, 5.41) is 0. The molecule has 0 saturated carbocycles. The molecule has 1 N–H and O–H groups in total. The molecule has 3 nitrogen and oxygen atoms in total. The Hall–Kier alpha value is -1.94. The molecule has 0 saturated heterocycles. The number of nitrogens with zero attached hydrogens (tertiary/aromatic N) is 2. The molecule has 19 heavy (non-hydrogen) atoms. The van der Waals surface area contributed by atoms with Crippen LogP contribution in [-0.4, -0.2) is 14.5 Å². The SMILES string of the molecule is Cc1cnc2c(c1)[nH]c(=S)n2-c1ccc(C)c(C)c1. The van der Waals surface area contributed by atoms with Gasteiger partial charge in [-0.25, -0.2) is 4.98 Å². The van der Waals surface area contributed by atoms with Crippen LogP contribution in [0.15, 0.2) is 30.5 Å². The van der Waals surface area contributed by atoms with Crippen LogP contribution in [0.2, 0.25) is 0 Å². The highest BCUT2D eigenvalue weighted by Gasteiger charge is 2.08. The van der Waals surface area contributed by atoms with Crippen LogP contribution in [0.5, 0.6) is 0 Å². The monoisotopic (exact) mass is 269 g/mol. The summed E-state index contributed by atoms with van der Waals surface area (Å²) in [6.45, 7) is 6.24. The Bertz CT molecular complexity index is 827. The minimum atomic E-state index is 0.677. The molecular weight excluding hydrogens is 254 g/mol. The molecule has 3 rings (SSSR count). The second-order valence-corrected chi connectivity index (χ2v) is 5.30. The number of aryl methyl sites for hydroxylation is 3. The van der Waals surface area contributed by atoms with Gasteiger partial charge < -0.3 is 4.98 Å². The van der Waals surface area contributed by atoms with Gasteiger partial charge in [-0.3, -0.25) is 4.57 Å². The number of fused-ring (bicyclic) bond motifs is 1. The van der Waals surface area contributed by atoms with Gasteiger partial charge in [0.1, 0.15) is 0 Å². The van der Waals surface area contributed by atoms with E-state index in [2.05, 4.69) is 48.1 Å². The van der Waals surface area contributed by atoms with E-state index in [1.54, 1.807) is 0 Å². The fraction of sp³-hybridized carbons (Fsp3) is 0.200. The lowest BCUT2D eigenvalue weighted by Crippen LogP contribution is -1.97. The van der Waals surface area contributed by atoms with Gasteiger partial charge in [-0.15, -0.1) is 0 Å². The van der Waals surface area contributed by atoms with Crippen LogP contribution in [0.3, 0.4) is 0 Å². The van der Waals surface area contributed by atoms with Gasteiger partial charge in [-0.1, -0.05) is 6.07 Å². The first-order valence-electron chi connectivity index (χ1n) is 6.21. The number of imidazole rings is 1. The lowest BCUT2D eigenvalue weighted by atomic mass is 10.1. The number of hydrogen-bond donors (Lipinski definition) is 1. The largest absolute Gasteiger partial charge is 0.329 e. The maximum Gasteiger partial charge on any atom is 0.183 e. The van der Waals surface area contributed by atoms with E-state index in [1.165, 1.54) is 11.1 Å². The van der Waals surface area contributed by atoms with Gasteiger partial charge in [0.15, 0.2) is 10.4 Å². The van der Waals surface area contributed by atoms with E-state index in [9.17, 15) is 0 Å². The first-order chi connectivity index (χ1) is 9.06. The normalized spacial score (nSPS) is 11.1. The predicted molar refractivity (Wildman–Crippen MR) is 80.5 cm³/mol. The third kappa shape index (κ3) is 1.98. The number of nitrogens with one attached hydrogen (secondary N) is 1. The van der Waals surface area contributed by atoms with E-state index in [4.69, 9.17) is 12.2 Å². The topological polar surface area (TPSA) is 33.6 Å². The summed E-state index contributed by atoms with van der Waals surface area (Å²) in [5.41, 5.74) is 6.55. The van der Waals surface area contributed by atoms with Gasteiger partial charge >= 0.3 is 0 Å². The summed E-state index contributed by atoms with van der Waals surface area (Å²) in [5.74, 6) is 0. The van der Waals surface area contributed by atoms with Crippen molar-refractivity contribution < 1.29 is 0 Å². The average molecular weight is 269 g/mol. The standard InChI is InChI=1S/C15H15N3S/c1-9-6-13-14(16-8-9)18(15(19)17-13)12-5-4-10(2)11(3)7-12/h4-8H,1-3H3,(H,17,19). The van der Waals surface area contributed by atoms with Gasteiger partial charge in [0.05, 0.1) is 11.2 Å². The van der Waals surface area contributed by atoms with Crippen molar-refractivity contribution in [3.05, 3.63) is 51.9 Å². The van der Waals surface area contributed by atoms with Crippen molar-refractivity contribution >= 4 is 23.4 Å². The van der Waals surface area contributed by atoms with Crippen molar-refractivity contribution in [1.29, 1.82) is 0 Å². The molecule has 2 heterocycles. The molecular formula is C15H15N3S. The Balaban J connectivity index is 2.32. The van der Waals surface area contributed by atoms with Gasteiger partial charge in [0.25, 0.3) is 0 Å². The van der Waals surface area contributed by atoms with E-state index < -0.39 is 0 Å². The molecule has 0 amide bonds. The first-order valence-corrected chi connectivity index (χ1v) is 6.62. The van der Waals surface area contributed by atoms with Gasteiger partial charge in [-0.2, -0.15) is 0 Å². The summed E-state index contributed by atoms with van der Waals surface area (Å²) >= 11 is 5.42. The summed E-state index contributed by atoms with van der Waals surface area (Å²) in [6.07, 6.45) is 1.86. The van der Waals surface area contributed by atoms with E-state index in [-0.39, 0.29) is 0 Å². The molecule has 0 unspecified atom stereocenters. The van der Waals surface area contributed by atoms with Gasteiger partial charge in [0.2, 0.25) is 0 Å². The number of aromatic amines is 1. The van der Waals surface area contributed by atoms with Crippen LogP contribution in [-0.2, 0) is 0 Å². The van der Waals surface area contributed by atoms with Gasteiger partial charge in [0, 0.05) is 6.20 Å². The predicted octanol–water partition coefficient (Wildman–Crippen LogP) is 4.01. The molecule has 4 heteroatoms. The highest BCUT2D eigenvalue weighted by Crippen LogP contribution is 2.20. The highest BCUT2D eigenvalue weighted by atomic mass is 32.1. The smallest absolute Gasteiger partial charge is 0.183 e. The van der Waals surface area contributed by atoms with E-state index >= 15 is 0 Å². The molecule has 0 fully saturated rings. The van der Waals surface area contributed by atoms with Crippen molar-refractivity contribution in [2.24, 2.45) is 0 Å². The number of aromatic nitrogens is 3. The molecule has 3 aromatic rings. The average Bonchev–Trinajstić information content (AvgIpc) is 2.68. The summed E-state index contributed by atoms with van der Waals surface area (Å²) in [6, 6.07) is 8.39. The number of hydrogen-bond acceptors (Lipinski definition) is 2. The Labute approximate surface area is 116 Å². The molecule has 0 aliphatic carbocycles. The Morgan fingerprint density at radius 1 is 1.11 bits per heavy atom. The number of H-pyrrole nitrogens is 1. The molecule has 0 aliphatic rings. The zero-order chi connectivity index (χ0) is 13.6. The maximum absolute atomic E-state index is 5.42. The third-order valence-electron chi connectivity index (χ3n) is 3.41. The zero-order valence-corrected chi connectivity index (χ0v) is 12.0. The van der Waals surface area contributed by atoms with Crippen LogP contribution >= 0.6 is 12.2 Å². The number of benzene rings is 1. The van der Waals surface area contributed by atoms with Crippen LogP contribution in [0.25, 0.3) is 16.9 Å². The van der Waals surface area contributed by atoms with E-state index in [0.29, 0.717) is 4.77 Å². The van der Waals surface area contributed by atoms with Crippen molar-refractivity contribution in [3.8, 4) is 5.69 Å². The second-order valence-electron chi connectivity index (χ2n) is 4.92. The lowest BCUT2D eigenvalue weighted by molar-refractivity contribution is 1.04. The molecule has 0 radical (unpaired) electrons. The molecule has 96 valence electrons. The fourth-order valence-electron chi connectivity index (χ4n) is 2.20. The Morgan fingerprint density at radius 3 is 2.63 bits per heavy atom. The third-order valence-corrected chi connectivity index (χ3v) is 3.69. The summed E-state index contributed by atoms with van der Waals surface area (Å²) in [4.78, 5) is 7.71. The van der Waals surface area contributed by atoms with Crippen LogP contribution in [0, 0.1) is 25.5 Å². The Morgan fingerprint density at radius 2 is 1.89 bits per heavy atom. The summed E-state index contributed by atoms with van der Waals surface area (Å²) < 4.78 is 2.66. The minimum absolute atomic E-state index is 0.677. The van der Waals surface area contributed by atoms with Crippen LogP contribution < -0.4 is 0 Å². The molecule has 0 spiro atoms. The zero-order valence-electron chi connectivity index (χ0n) is 11.2. The minimum Gasteiger partial charge on any atom is -0.329 e. The van der Waals surface area contributed by atoms with E-state index in [0.717, 1.165) is 22.4 Å². The number of rotatable bonds is 1. The van der Waals surface area contributed by atoms with Crippen molar-refractivity contribution in [1.82, 2.24) is 14.5 Å². The molecule has 2 aromatic heterocycles. The maximum atomic E-state index is 5.42. The van der Waals surface area contributed by atoms with Crippen molar-refractivity contribution in [2.75, 3.05) is 0 Å². The van der Waals surface area contributed by atoms with Crippen molar-refractivity contribution in [3.63, 3.8) is 0 Å². The van der Waals surface area contributed by atoms with Crippen molar-refractivity contribution in [2.45, 2.75) is 20.8 Å².